The summed E-state index contributed by atoms with van der Waals surface area (Å²) in [5.41, 5.74) is 2.79. The Kier molecular flexibility index (Phi) is 8.83. The molecule has 1 unspecified atom stereocenters. The Morgan fingerprint density at radius 2 is 1.98 bits per heavy atom. The van der Waals surface area contributed by atoms with Crippen LogP contribution in [0.3, 0.4) is 0 Å². The first-order valence-corrected chi connectivity index (χ1v) is 14.8. The maximum Gasteiger partial charge on any atom is 0.248 e. The summed E-state index contributed by atoms with van der Waals surface area (Å²) in [6.07, 6.45) is -0.614. The van der Waals surface area contributed by atoms with E-state index < -0.39 is 24.8 Å². The molecule has 4 heterocycles. The van der Waals surface area contributed by atoms with E-state index in [-0.39, 0.29) is 30.8 Å². The highest BCUT2D eigenvalue weighted by Crippen LogP contribution is 2.29. The number of ether oxygens (including phenoxy) is 2. The monoisotopic (exact) mass is 602 g/mol. The zero-order chi connectivity index (χ0) is 30.6. The Labute approximate surface area is 255 Å². The summed E-state index contributed by atoms with van der Waals surface area (Å²) in [5, 5.41) is 22.1. The van der Waals surface area contributed by atoms with Crippen LogP contribution in [0.1, 0.15) is 18.9 Å². The molecule has 12 nitrogen and oxygen atoms in total. The number of hydrogen-bond acceptors (Lipinski definition) is 11. The molecule has 44 heavy (non-hydrogen) atoms. The van der Waals surface area contributed by atoms with Gasteiger partial charge in [-0.3, -0.25) is 9.69 Å². The number of piperidine rings is 1. The number of carbonyl (C=O) groups excluding carboxylic acids is 1. The number of nitrogens with zero attached hydrogens (tertiary/aromatic N) is 7. The Morgan fingerprint density at radius 1 is 1.16 bits per heavy atom. The van der Waals surface area contributed by atoms with Crippen LogP contribution in [0.4, 0.5) is 21.7 Å². The van der Waals surface area contributed by atoms with E-state index in [9.17, 15) is 14.4 Å². The fourth-order valence-corrected chi connectivity index (χ4v) is 5.86. The Morgan fingerprint density at radius 3 is 2.66 bits per heavy atom. The van der Waals surface area contributed by atoms with Crippen LogP contribution in [0, 0.1) is 11.3 Å². The van der Waals surface area contributed by atoms with Gasteiger partial charge in [0.1, 0.15) is 30.9 Å². The molecule has 0 aliphatic carbocycles. The van der Waals surface area contributed by atoms with Crippen LogP contribution in [-0.2, 0) is 9.53 Å². The number of aliphatic hydroxyl groups is 1. The number of alkyl halides is 1. The van der Waals surface area contributed by atoms with Gasteiger partial charge in [0.2, 0.25) is 11.9 Å². The summed E-state index contributed by atoms with van der Waals surface area (Å²) < 4.78 is 26.0. The van der Waals surface area contributed by atoms with Crippen molar-refractivity contribution in [2.75, 3.05) is 62.8 Å². The molecule has 230 valence electrons. The SMILES string of the molecule is CC1CN(C2COC2)CCN1c1ccc(Nc2ncnc(-c3ccc(O[C@H]4CCN(C(=O)CO)C[C@H]4F)c(C#N)c3)n2)cc1. The number of likely N-dealkylation sites (tertiary alicyclic amines) is 1. The third-order valence-corrected chi connectivity index (χ3v) is 8.43. The average Bonchev–Trinajstić information content (AvgIpc) is 3.01. The molecule has 1 aromatic heterocycles. The maximum absolute atomic E-state index is 14.7. The first-order valence-electron chi connectivity index (χ1n) is 14.8. The number of rotatable bonds is 8. The lowest BCUT2D eigenvalue weighted by atomic mass is 10.0. The molecule has 3 aliphatic rings. The number of nitrogens with one attached hydrogen (secondary N) is 1. The van der Waals surface area contributed by atoms with Gasteiger partial charge in [0.15, 0.2) is 12.0 Å². The maximum atomic E-state index is 14.7. The smallest absolute Gasteiger partial charge is 0.248 e. The number of piperazine rings is 1. The molecule has 3 atom stereocenters. The number of aliphatic hydroxyl groups excluding tert-OH is 1. The van der Waals surface area contributed by atoms with Crippen LogP contribution >= 0.6 is 0 Å². The topological polar surface area (TPSA) is 140 Å². The lowest BCUT2D eigenvalue weighted by Gasteiger charge is -2.46. The number of nitriles is 1. The lowest BCUT2D eigenvalue weighted by Crippen LogP contribution is -2.59. The van der Waals surface area contributed by atoms with E-state index in [0.717, 1.165) is 38.5 Å². The van der Waals surface area contributed by atoms with Crippen LogP contribution < -0.4 is 15.0 Å². The minimum atomic E-state index is -1.45. The normalized spacial score (nSPS) is 22.6. The summed E-state index contributed by atoms with van der Waals surface area (Å²) in [6.45, 7) is 6.38. The van der Waals surface area contributed by atoms with Gasteiger partial charge in [0.05, 0.1) is 31.4 Å². The van der Waals surface area contributed by atoms with Crippen molar-refractivity contribution >= 4 is 23.2 Å². The Balaban J connectivity index is 1.09. The molecule has 0 radical (unpaired) electrons. The van der Waals surface area contributed by atoms with Gasteiger partial charge >= 0.3 is 0 Å². The highest BCUT2D eigenvalue weighted by Gasteiger charge is 2.34. The average molecular weight is 603 g/mol. The second kappa shape index (κ2) is 13.1. The minimum Gasteiger partial charge on any atom is -0.486 e. The number of anilines is 3. The summed E-state index contributed by atoms with van der Waals surface area (Å²) >= 11 is 0. The molecule has 6 rings (SSSR count). The molecule has 13 heteroatoms. The van der Waals surface area contributed by atoms with Crippen LogP contribution in [0.5, 0.6) is 5.75 Å². The number of halogens is 1. The van der Waals surface area contributed by atoms with E-state index >= 15 is 0 Å². The van der Waals surface area contributed by atoms with Crippen molar-refractivity contribution < 1.29 is 23.8 Å². The van der Waals surface area contributed by atoms with Gasteiger partial charge in [-0.15, -0.1) is 0 Å². The number of amides is 1. The second-order valence-electron chi connectivity index (χ2n) is 11.3. The fraction of sp³-hybridized carbons (Fsp3) is 0.452. The highest BCUT2D eigenvalue weighted by molar-refractivity contribution is 5.77. The minimum absolute atomic E-state index is 0.167. The quantitative estimate of drug-likeness (QED) is 0.393. The van der Waals surface area contributed by atoms with Crippen LogP contribution in [0.25, 0.3) is 11.4 Å². The van der Waals surface area contributed by atoms with Crippen molar-refractivity contribution in [1.82, 2.24) is 24.8 Å². The molecule has 3 saturated heterocycles. The van der Waals surface area contributed by atoms with Crippen molar-refractivity contribution in [2.45, 2.75) is 37.7 Å². The Hall–Kier alpha value is -4.38. The standard InChI is InChI=1S/C31H35FN8O4/c1-20-14-38(25-17-43-18-25)10-11-40(20)24-5-3-23(4-6-24)36-31-35-19-34-30(37-31)21-2-7-27(22(12-21)13-33)44-28-8-9-39(15-26(28)32)29(42)16-41/h2-7,12,19-20,25-26,28,41H,8-11,14-18H2,1H3,(H,34,35,36,37)/t20?,26-,28+/m1/s1. The molecular weight excluding hydrogens is 567 g/mol. The van der Waals surface area contributed by atoms with Crippen molar-refractivity contribution in [3.8, 4) is 23.2 Å². The van der Waals surface area contributed by atoms with Gasteiger partial charge < -0.3 is 29.7 Å². The van der Waals surface area contributed by atoms with E-state index in [1.165, 1.54) is 16.9 Å². The zero-order valence-corrected chi connectivity index (χ0v) is 24.5. The summed E-state index contributed by atoms with van der Waals surface area (Å²) in [6, 6.07) is 16.2. The van der Waals surface area contributed by atoms with E-state index in [0.29, 0.717) is 29.4 Å². The largest absolute Gasteiger partial charge is 0.486 e. The number of hydrogen-bond donors (Lipinski definition) is 2. The molecule has 0 spiro atoms. The van der Waals surface area contributed by atoms with Crippen molar-refractivity contribution in [3.63, 3.8) is 0 Å². The highest BCUT2D eigenvalue weighted by atomic mass is 19.1. The second-order valence-corrected chi connectivity index (χ2v) is 11.3. The van der Waals surface area contributed by atoms with E-state index in [1.54, 1.807) is 18.2 Å². The molecule has 2 aromatic carbocycles. The van der Waals surface area contributed by atoms with Crippen molar-refractivity contribution in [1.29, 1.82) is 5.26 Å². The van der Waals surface area contributed by atoms with Gasteiger partial charge in [-0.2, -0.15) is 10.2 Å². The van der Waals surface area contributed by atoms with Gasteiger partial charge in [0.25, 0.3) is 0 Å². The van der Waals surface area contributed by atoms with E-state index in [2.05, 4.69) is 55.2 Å². The van der Waals surface area contributed by atoms with Crippen molar-refractivity contribution in [3.05, 3.63) is 54.4 Å². The van der Waals surface area contributed by atoms with Crippen LogP contribution in [-0.4, -0.2) is 113 Å². The Bertz CT molecular complexity index is 1520. The van der Waals surface area contributed by atoms with Gasteiger partial charge in [-0.25, -0.2) is 14.4 Å². The summed E-state index contributed by atoms with van der Waals surface area (Å²) in [5.74, 6) is 0.447. The number of benzene rings is 2. The molecule has 0 saturated carbocycles. The third-order valence-electron chi connectivity index (χ3n) is 8.43. The van der Waals surface area contributed by atoms with Gasteiger partial charge in [-0.1, -0.05) is 0 Å². The van der Waals surface area contributed by atoms with E-state index in [4.69, 9.17) is 14.6 Å². The first-order chi connectivity index (χ1) is 21.4. The van der Waals surface area contributed by atoms with Crippen LogP contribution in [0.2, 0.25) is 0 Å². The first kappa shape index (κ1) is 29.7. The van der Waals surface area contributed by atoms with E-state index in [1.807, 2.05) is 12.1 Å². The molecular formula is C31H35FN8O4. The zero-order valence-electron chi connectivity index (χ0n) is 24.5. The predicted octanol–water partition coefficient (Wildman–Crippen LogP) is 2.37. The predicted molar refractivity (Wildman–Crippen MR) is 160 cm³/mol. The molecule has 0 bridgehead atoms. The lowest BCUT2D eigenvalue weighted by molar-refractivity contribution is -0.138. The number of aromatic nitrogens is 3. The van der Waals surface area contributed by atoms with Gasteiger partial charge in [0, 0.05) is 55.6 Å². The van der Waals surface area contributed by atoms with Gasteiger partial charge in [-0.05, 0) is 49.4 Å². The third kappa shape index (κ3) is 6.42. The van der Waals surface area contributed by atoms with Crippen LogP contribution in [0.15, 0.2) is 48.8 Å². The van der Waals surface area contributed by atoms with Crippen molar-refractivity contribution in [2.24, 2.45) is 0 Å². The molecule has 1 amide bonds. The fourth-order valence-electron chi connectivity index (χ4n) is 5.86. The summed E-state index contributed by atoms with van der Waals surface area (Å²) in [4.78, 5) is 31.0. The summed E-state index contributed by atoms with van der Waals surface area (Å²) in [7, 11) is 0. The molecule has 2 N–H and O–H groups in total. The molecule has 3 aliphatic heterocycles. The molecule has 3 fully saturated rings. The number of carbonyl (C=O) groups is 1. The molecule has 3 aromatic rings.